The zero-order valence-corrected chi connectivity index (χ0v) is 13.9. The molecule has 0 bridgehead atoms. The molecular weight excluding hydrogens is 294 g/mol. The highest BCUT2D eigenvalue weighted by molar-refractivity contribution is 5.96. The van der Waals surface area contributed by atoms with E-state index in [2.05, 4.69) is 5.16 Å². The van der Waals surface area contributed by atoms with Crippen molar-refractivity contribution in [3.05, 3.63) is 34.8 Å². The maximum absolute atomic E-state index is 12.9. The summed E-state index contributed by atoms with van der Waals surface area (Å²) in [6.45, 7) is 7.25. The van der Waals surface area contributed by atoms with E-state index in [9.17, 15) is 9.90 Å². The number of nitrogens with zero attached hydrogens (tertiary/aromatic N) is 3. The summed E-state index contributed by atoms with van der Waals surface area (Å²) in [6.07, 6.45) is 1.93. The first kappa shape index (κ1) is 15.8. The van der Waals surface area contributed by atoms with E-state index in [1.54, 1.807) is 0 Å². The Bertz CT molecular complexity index is 717. The van der Waals surface area contributed by atoms with Gasteiger partial charge in [-0.1, -0.05) is 5.16 Å². The molecule has 0 spiro atoms. The monoisotopic (exact) mass is 317 g/mol. The quantitative estimate of drug-likeness (QED) is 0.942. The highest BCUT2D eigenvalue weighted by atomic mass is 16.5. The van der Waals surface area contributed by atoms with Gasteiger partial charge in [0.1, 0.15) is 5.76 Å². The molecule has 0 aliphatic carbocycles. The third kappa shape index (κ3) is 2.91. The number of likely N-dealkylation sites (tertiary alicyclic amines) is 1. The molecule has 124 valence electrons. The molecule has 1 N–H and O–H groups in total. The van der Waals surface area contributed by atoms with E-state index in [-0.39, 0.29) is 18.4 Å². The molecule has 0 saturated carbocycles. The number of rotatable bonds is 3. The highest BCUT2D eigenvalue weighted by Gasteiger charge is 2.27. The highest BCUT2D eigenvalue weighted by Crippen LogP contribution is 2.24. The maximum atomic E-state index is 12.9. The van der Waals surface area contributed by atoms with Gasteiger partial charge in [-0.25, -0.2) is 0 Å². The fraction of sp³-hybridized carbons (Fsp3) is 0.529. The average molecular weight is 317 g/mol. The summed E-state index contributed by atoms with van der Waals surface area (Å²) in [5, 5.41) is 13.4. The van der Waals surface area contributed by atoms with Crippen LogP contribution >= 0.6 is 0 Å². The second kappa shape index (κ2) is 6.20. The molecule has 1 fully saturated rings. The van der Waals surface area contributed by atoms with Crippen molar-refractivity contribution in [3.8, 4) is 5.82 Å². The summed E-state index contributed by atoms with van der Waals surface area (Å²) < 4.78 is 7.09. The number of amides is 1. The SMILES string of the molecule is Cc1cc(-n2c(C)cc(C(=O)N3CCCC(CO)C3)c2C)no1. The number of carbonyl (C=O) groups excluding carboxylic acids is 1. The summed E-state index contributed by atoms with van der Waals surface area (Å²) in [6, 6.07) is 3.77. The second-order valence-corrected chi connectivity index (χ2v) is 6.36. The van der Waals surface area contributed by atoms with Gasteiger partial charge in [0, 0.05) is 37.2 Å². The van der Waals surface area contributed by atoms with Gasteiger partial charge in [0.2, 0.25) is 0 Å². The lowest BCUT2D eigenvalue weighted by Gasteiger charge is -2.31. The fourth-order valence-corrected chi connectivity index (χ4v) is 3.36. The van der Waals surface area contributed by atoms with Crippen LogP contribution in [0.1, 0.15) is 40.3 Å². The van der Waals surface area contributed by atoms with Crippen molar-refractivity contribution in [1.82, 2.24) is 14.6 Å². The summed E-state index contributed by atoms with van der Waals surface area (Å²) in [4.78, 5) is 14.7. The van der Waals surface area contributed by atoms with Gasteiger partial charge in [0.15, 0.2) is 5.82 Å². The third-order valence-electron chi connectivity index (χ3n) is 4.57. The lowest BCUT2D eigenvalue weighted by atomic mass is 9.98. The minimum atomic E-state index is 0.0303. The molecule has 1 atom stereocenters. The van der Waals surface area contributed by atoms with Crippen LogP contribution in [0.15, 0.2) is 16.7 Å². The number of aliphatic hydroxyl groups is 1. The van der Waals surface area contributed by atoms with Crippen LogP contribution in [0.2, 0.25) is 0 Å². The molecular formula is C17H23N3O3. The number of aromatic nitrogens is 2. The molecule has 23 heavy (non-hydrogen) atoms. The second-order valence-electron chi connectivity index (χ2n) is 6.36. The normalized spacial score (nSPS) is 18.4. The van der Waals surface area contributed by atoms with Gasteiger partial charge in [-0.05, 0) is 45.6 Å². The van der Waals surface area contributed by atoms with Crippen LogP contribution in [0.4, 0.5) is 0 Å². The lowest BCUT2D eigenvalue weighted by molar-refractivity contribution is 0.0620. The summed E-state index contributed by atoms with van der Waals surface area (Å²) in [5.41, 5.74) is 2.52. The standard InChI is InChI=1S/C17H23N3O3/c1-11-7-15(13(3)20(11)16-8-12(2)23-18-16)17(22)19-6-4-5-14(9-19)10-21/h7-8,14,21H,4-6,9-10H2,1-3H3. The van der Waals surface area contributed by atoms with Crippen molar-refractivity contribution in [2.24, 2.45) is 5.92 Å². The molecule has 6 heteroatoms. The van der Waals surface area contributed by atoms with Crippen molar-refractivity contribution in [2.75, 3.05) is 19.7 Å². The predicted molar refractivity (Wildman–Crippen MR) is 85.8 cm³/mol. The minimum Gasteiger partial charge on any atom is -0.396 e. The van der Waals surface area contributed by atoms with E-state index < -0.39 is 0 Å². The van der Waals surface area contributed by atoms with Gasteiger partial charge < -0.3 is 14.5 Å². The Labute approximate surface area is 135 Å². The fourth-order valence-electron chi connectivity index (χ4n) is 3.36. The zero-order valence-electron chi connectivity index (χ0n) is 13.9. The van der Waals surface area contributed by atoms with Crippen molar-refractivity contribution in [1.29, 1.82) is 0 Å². The molecule has 1 aliphatic heterocycles. The topological polar surface area (TPSA) is 71.5 Å². The van der Waals surface area contributed by atoms with E-state index in [0.717, 1.165) is 36.5 Å². The van der Waals surface area contributed by atoms with Crippen LogP contribution < -0.4 is 0 Å². The lowest BCUT2D eigenvalue weighted by Crippen LogP contribution is -2.41. The summed E-state index contributed by atoms with van der Waals surface area (Å²) >= 11 is 0. The minimum absolute atomic E-state index is 0.0303. The van der Waals surface area contributed by atoms with Gasteiger partial charge >= 0.3 is 0 Å². The van der Waals surface area contributed by atoms with E-state index >= 15 is 0 Å². The van der Waals surface area contributed by atoms with Gasteiger partial charge in [-0.15, -0.1) is 0 Å². The molecule has 6 nitrogen and oxygen atoms in total. The van der Waals surface area contributed by atoms with Crippen LogP contribution in [0.25, 0.3) is 5.82 Å². The molecule has 0 radical (unpaired) electrons. The number of hydrogen-bond acceptors (Lipinski definition) is 4. The molecule has 1 aliphatic rings. The molecule has 1 unspecified atom stereocenters. The van der Waals surface area contributed by atoms with E-state index in [4.69, 9.17) is 4.52 Å². The van der Waals surface area contributed by atoms with Gasteiger partial charge in [-0.3, -0.25) is 9.36 Å². The number of carbonyl (C=O) groups is 1. The molecule has 1 amide bonds. The van der Waals surface area contributed by atoms with Crippen LogP contribution in [-0.2, 0) is 0 Å². The summed E-state index contributed by atoms with van der Waals surface area (Å²) in [7, 11) is 0. The first-order valence-electron chi connectivity index (χ1n) is 8.04. The molecule has 2 aromatic rings. The maximum Gasteiger partial charge on any atom is 0.255 e. The van der Waals surface area contributed by atoms with Gasteiger partial charge in [0.05, 0.1) is 5.56 Å². The van der Waals surface area contributed by atoms with Crippen molar-refractivity contribution in [3.63, 3.8) is 0 Å². The van der Waals surface area contributed by atoms with Crippen LogP contribution in [0.5, 0.6) is 0 Å². The first-order valence-corrected chi connectivity index (χ1v) is 8.04. The van der Waals surface area contributed by atoms with Gasteiger partial charge in [0.25, 0.3) is 5.91 Å². The molecule has 1 saturated heterocycles. The Hall–Kier alpha value is -2.08. The zero-order chi connectivity index (χ0) is 16.6. The number of piperidine rings is 1. The molecule has 3 heterocycles. The van der Waals surface area contributed by atoms with E-state index in [1.807, 2.05) is 42.4 Å². The van der Waals surface area contributed by atoms with Crippen molar-refractivity contribution < 1.29 is 14.4 Å². The van der Waals surface area contributed by atoms with Crippen molar-refractivity contribution in [2.45, 2.75) is 33.6 Å². The molecule has 2 aromatic heterocycles. The van der Waals surface area contributed by atoms with Gasteiger partial charge in [-0.2, -0.15) is 0 Å². The van der Waals surface area contributed by atoms with Crippen LogP contribution in [0.3, 0.4) is 0 Å². The Balaban J connectivity index is 1.90. The average Bonchev–Trinajstić information content (AvgIpc) is 3.09. The Morgan fingerprint density at radius 2 is 2.17 bits per heavy atom. The largest absolute Gasteiger partial charge is 0.396 e. The van der Waals surface area contributed by atoms with E-state index in [0.29, 0.717) is 17.9 Å². The van der Waals surface area contributed by atoms with Crippen LogP contribution in [0, 0.1) is 26.7 Å². The smallest absolute Gasteiger partial charge is 0.255 e. The summed E-state index contributed by atoms with van der Waals surface area (Å²) in [5.74, 6) is 1.66. The van der Waals surface area contributed by atoms with E-state index in [1.165, 1.54) is 0 Å². The number of aryl methyl sites for hydroxylation is 2. The number of aliphatic hydroxyl groups excluding tert-OH is 1. The molecule has 0 aromatic carbocycles. The Morgan fingerprint density at radius 1 is 1.39 bits per heavy atom. The number of hydrogen-bond donors (Lipinski definition) is 1. The Morgan fingerprint density at radius 3 is 2.83 bits per heavy atom. The third-order valence-corrected chi connectivity index (χ3v) is 4.57. The predicted octanol–water partition coefficient (Wildman–Crippen LogP) is 2.24. The van der Waals surface area contributed by atoms with Crippen LogP contribution in [-0.4, -0.2) is 45.3 Å². The van der Waals surface area contributed by atoms with Crippen molar-refractivity contribution >= 4 is 5.91 Å². The molecule has 3 rings (SSSR count). The Kier molecular flexibility index (Phi) is 4.26. The first-order chi connectivity index (χ1) is 11.0.